The van der Waals surface area contributed by atoms with Gasteiger partial charge in [0.15, 0.2) is 0 Å². The summed E-state index contributed by atoms with van der Waals surface area (Å²) in [4.78, 5) is 11.2. The summed E-state index contributed by atoms with van der Waals surface area (Å²) in [6.07, 6.45) is 0.553. The van der Waals surface area contributed by atoms with Crippen molar-refractivity contribution in [3.63, 3.8) is 0 Å². The second kappa shape index (κ2) is 6.45. The van der Waals surface area contributed by atoms with Crippen molar-refractivity contribution in [2.45, 2.75) is 36.8 Å². The Morgan fingerprint density at radius 2 is 2.11 bits per heavy atom. The molecule has 1 rings (SSSR count). The van der Waals surface area contributed by atoms with Gasteiger partial charge in [-0.2, -0.15) is 11.8 Å². The van der Waals surface area contributed by atoms with Crippen LogP contribution in [-0.2, 0) is 10.5 Å². The molecule has 0 heterocycles. The molecule has 1 amide bonds. The second-order valence-corrected chi connectivity index (χ2v) is 6.53. The summed E-state index contributed by atoms with van der Waals surface area (Å²) in [5.41, 5.74) is 11.2. The van der Waals surface area contributed by atoms with Gasteiger partial charge in [-0.05, 0) is 25.0 Å². The van der Waals surface area contributed by atoms with Gasteiger partial charge < -0.3 is 11.5 Å². The molecule has 18 heavy (non-hydrogen) atoms. The van der Waals surface area contributed by atoms with Crippen LogP contribution in [0.15, 0.2) is 24.3 Å². The van der Waals surface area contributed by atoms with E-state index in [0.717, 1.165) is 16.3 Å². The minimum atomic E-state index is -0.951. The molecule has 0 radical (unpaired) electrons. The molecule has 0 aliphatic heterocycles. The lowest BCUT2D eigenvalue weighted by Crippen LogP contribution is -2.50. The molecule has 0 saturated carbocycles. The van der Waals surface area contributed by atoms with E-state index in [1.807, 2.05) is 31.2 Å². The van der Waals surface area contributed by atoms with E-state index in [1.165, 1.54) is 0 Å². The highest BCUT2D eigenvalue weighted by Gasteiger charge is 2.27. The number of primary amides is 1. The smallest absolute Gasteiger partial charge is 0.237 e. The van der Waals surface area contributed by atoms with Crippen LogP contribution in [0.5, 0.6) is 0 Å². The highest BCUT2D eigenvalue weighted by Crippen LogP contribution is 2.26. The first kappa shape index (κ1) is 15.3. The van der Waals surface area contributed by atoms with Crippen LogP contribution in [0.4, 0.5) is 0 Å². The SMILES string of the molecule is CC(CC(C)(N)C(N)=O)SCc1ccccc1Cl. The Labute approximate surface area is 117 Å². The van der Waals surface area contributed by atoms with E-state index in [1.54, 1.807) is 18.7 Å². The van der Waals surface area contributed by atoms with Crippen molar-refractivity contribution in [1.29, 1.82) is 0 Å². The average molecular weight is 287 g/mol. The maximum Gasteiger partial charge on any atom is 0.237 e. The molecule has 1 aromatic rings. The predicted octanol–water partition coefficient (Wildman–Crippen LogP) is 2.55. The molecular formula is C13H19ClN2OS. The van der Waals surface area contributed by atoms with E-state index >= 15 is 0 Å². The molecule has 3 nitrogen and oxygen atoms in total. The van der Waals surface area contributed by atoms with Gasteiger partial charge >= 0.3 is 0 Å². The molecule has 0 spiro atoms. The summed E-state index contributed by atoms with van der Waals surface area (Å²) >= 11 is 7.79. The fourth-order valence-corrected chi connectivity index (χ4v) is 3.07. The van der Waals surface area contributed by atoms with Crippen LogP contribution in [0, 0.1) is 0 Å². The maximum absolute atomic E-state index is 11.2. The zero-order valence-electron chi connectivity index (χ0n) is 10.7. The van der Waals surface area contributed by atoms with Gasteiger partial charge in [0.25, 0.3) is 0 Å². The molecular weight excluding hydrogens is 268 g/mol. The zero-order valence-corrected chi connectivity index (χ0v) is 12.2. The Hall–Kier alpha value is -0.710. The summed E-state index contributed by atoms with van der Waals surface area (Å²) in [6.45, 7) is 3.71. The number of rotatable bonds is 6. The third-order valence-corrected chi connectivity index (χ3v) is 4.34. The van der Waals surface area contributed by atoms with Crippen LogP contribution in [0.25, 0.3) is 0 Å². The van der Waals surface area contributed by atoms with Crippen molar-refractivity contribution in [3.05, 3.63) is 34.9 Å². The Bertz CT molecular complexity index is 423. The van der Waals surface area contributed by atoms with E-state index in [2.05, 4.69) is 0 Å². The van der Waals surface area contributed by atoms with Crippen molar-refractivity contribution in [2.75, 3.05) is 0 Å². The Morgan fingerprint density at radius 1 is 1.50 bits per heavy atom. The van der Waals surface area contributed by atoms with Crippen LogP contribution < -0.4 is 11.5 Å². The fourth-order valence-electron chi connectivity index (χ4n) is 1.60. The number of thioether (sulfide) groups is 1. The van der Waals surface area contributed by atoms with Crippen LogP contribution in [0.2, 0.25) is 5.02 Å². The van der Waals surface area contributed by atoms with E-state index in [0.29, 0.717) is 6.42 Å². The first-order chi connectivity index (χ1) is 8.33. The number of hydrogen-bond acceptors (Lipinski definition) is 3. The van der Waals surface area contributed by atoms with Crippen molar-refractivity contribution in [3.8, 4) is 0 Å². The highest BCUT2D eigenvalue weighted by molar-refractivity contribution is 7.99. The molecule has 1 aromatic carbocycles. The standard InChI is InChI=1S/C13H19ClN2OS/c1-9(7-13(2,16)12(15)17)18-8-10-5-3-4-6-11(10)14/h3-6,9H,7-8,16H2,1-2H3,(H2,15,17). The van der Waals surface area contributed by atoms with Crippen molar-refractivity contribution in [1.82, 2.24) is 0 Å². The van der Waals surface area contributed by atoms with Crippen molar-refractivity contribution < 1.29 is 4.79 Å². The summed E-state index contributed by atoms with van der Waals surface area (Å²) in [5, 5.41) is 1.01. The number of hydrogen-bond donors (Lipinski definition) is 2. The molecule has 5 heteroatoms. The van der Waals surface area contributed by atoms with Crippen molar-refractivity contribution in [2.24, 2.45) is 11.5 Å². The molecule has 0 saturated heterocycles. The van der Waals surface area contributed by atoms with Gasteiger partial charge in [-0.3, -0.25) is 4.79 Å². The zero-order chi connectivity index (χ0) is 13.8. The molecule has 0 aliphatic rings. The molecule has 0 aromatic heterocycles. The molecule has 0 bridgehead atoms. The van der Waals surface area contributed by atoms with Gasteiger partial charge in [0.1, 0.15) is 0 Å². The minimum absolute atomic E-state index is 0.240. The van der Waals surface area contributed by atoms with Crippen LogP contribution in [0.1, 0.15) is 25.8 Å². The summed E-state index contributed by atoms with van der Waals surface area (Å²) < 4.78 is 0. The van der Waals surface area contributed by atoms with E-state index < -0.39 is 11.4 Å². The van der Waals surface area contributed by atoms with Gasteiger partial charge in [0.05, 0.1) is 5.54 Å². The lowest BCUT2D eigenvalue weighted by atomic mass is 9.97. The normalized spacial score (nSPS) is 16.0. The molecule has 4 N–H and O–H groups in total. The summed E-state index contributed by atoms with van der Waals surface area (Å²) in [6, 6.07) is 7.74. The van der Waals surface area contributed by atoms with Gasteiger partial charge in [-0.25, -0.2) is 0 Å². The fraction of sp³-hybridized carbons (Fsp3) is 0.462. The van der Waals surface area contributed by atoms with Gasteiger partial charge in [-0.15, -0.1) is 0 Å². The number of halogens is 1. The lowest BCUT2D eigenvalue weighted by Gasteiger charge is -2.24. The number of carbonyl (C=O) groups excluding carboxylic acids is 1. The summed E-state index contributed by atoms with van der Waals surface area (Å²) in [5.74, 6) is 0.336. The number of nitrogens with two attached hydrogens (primary N) is 2. The highest BCUT2D eigenvalue weighted by atomic mass is 35.5. The molecule has 100 valence electrons. The third-order valence-electron chi connectivity index (χ3n) is 2.76. The minimum Gasteiger partial charge on any atom is -0.368 e. The Morgan fingerprint density at radius 3 is 2.67 bits per heavy atom. The van der Waals surface area contributed by atoms with Crippen molar-refractivity contribution >= 4 is 29.3 Å². The van der Waals surface area contributed by atoms with E-state index in [-0.39, 0.29) is 5.25 Å². The number of carbonyl (C=O) groups is 1. The van der Waals surface area contributed by atoms with Gasteiger partial charge in [0.2, 0.25) is 5.91 Å². The van der Waals surface area contributed by atoms with Gasteiger partial charge in [-0.1, -0.05) is 36.7 Å². The first-order valence-electron chi connectivity index (χ1n) is 5.76. The first-order valence-corrected chi connectivity index (χ1v) is 7.19. The Balaban J connectivity index is 2.50. The topological polar surface area (TPSA) is 69.1 Å². The Kier molecular flexibility index (Phi) is 5.50. The lowest BCUT2D eigenvalue weighted by molar-refractivity contribution is -0.122. The number of amides is 1. The largest absolute Gasteiger partial charge is 0.368 e. The average Bonchev–Trinajstić information content (AvgIpc) is 2.27. The predicted molar refractivity (Wildman–Crippen MR) is 78.6 cm³/mol. The number of benzene rings is 1. The monoisotopic (exact) mass is 286 g/mol. The molecule has 0 fully saturated rings. The quantitative estimate of drug-likeness (QED) is 0.844. The van der Waals surface area contributed by atoms with Crippen LogP contribution >= 0.6 is 23.4 Å². The molecule has 2 unspecified atom stereocenters. The third kappa shape index (κ3) is 4.52. The van der Waals surface area contributed by atoms with Crippen LogP contribution in [0.3, 0.4) is 0 Å². The van der Waals surface area contributed by atoms with Gasteiger partial charge in [0, 0.05) is 16.0 Å². The van der Waals surface area contributed by atoms with E-state index in [9.17, 15) is 4.79 Å². The maximum atomic E-state index is 11.2. The second-order valence-electron chi connectivity index (χ2n) is 4.70. The summed E-state index contributed by atoms with van der Waals surface area (Å²) in [7, 11) is 0. The molecule has 2 atom stereocenters. The van der Waals surface area contributed by atoms with Crippen LogP contribution in [-0.4, -0.2) is 16.7 Å². The molecule has 0 aliphatic carbocycles. The van der Waals surface area contributed by atoms with E-state index in [4.69, 9.17) is 23.1 Å².